The zero-order chi connectivity index (χ0) is 11.4. The fraction of sp³-hybridized carbons (Fsp3) is 0.333. The lowest BCUT2D eigenvalue weighted by Gasteiger charge is -2.07. The quantitative estimate of drug-likeness (QED) is 0.882. The first kappa shape index (κ1) is 11.1. The molecule has 1 N–H and O–H groups in total. The van der Waals surface area contributed by atoms with E-state index in [2.05, 4.69) is 27.6 Å². The zero-order valence-electron chi connectivity index (χ0n) is 9.53. The molecule has 0 aromatic carbocycles. The Bertz CT molecular complexity index is 465. The molecule has 0 amide bonds. The first-order chi connectivity index (χ1) is 7.75. The smallest absolute Gasteiger partial charge is 0.0945 e. The predicted octanol–water partition coefficient (Wildman–Crippen LogP) is 2.81. The van der Waals surface area contributed by atoms with E-state index in [1.807, 2.05) is 25.4 Å². The number of aromatic nitrogens is 2. The molecule has 16 heavy (non-hydrogen) atoms. The van der Waals surface area contributed by atoms with Crippen molar-refractivity contribution in [3.05, 3.63) is 40.1 Å². The summed E-state index contributed by atoms with van der Waals surface area (Å²) >= 11 is 1.73. The standard InChI is InChI=1S/C12H15N3S/c1-9-7-13-5-3-11(9)14-6-4-12-15-10(2)8-16-12/h3,5,7-8H,4,6H2,1-2H3,(H,13,14). The molecule has 2 aromatic rings. The van der Waals surface area contributed by atoms with Gasteiger partial charge in [-0.2, -0.15) is 0 Å². The second-order valence-corrected chi connectivity index (χ2v) is 4.69. The monoisotopic (exact) mass is 233 g/mol. The van der Waals surface area contributed by atoms with Gasteiger partial charge in [0.2, 0.25) is 0 Å². The molecule has 2 rings (SSSR count). The van der Waals surface area contributed by atoms with E-state index in [0.29, 0.717) is 0 Å². The molecule has 0 fully saturated rings. The number of hydrogen-bond donors (Lipinski definition) is 1. The second kappa shape index (κ2) is 5.07. The van der Waals surface area contributed by atoms with Crippen LogP contribution in [0.5, 0.6) is 0 Å². The highest BCUT2D eigenvalue weighted by Crippen LogP contribution is 2.13. The van der Waals surface area contributed by atoms with Gasteiger partial charge in [0.1, 0.15) is 0 Å². The summed E-state index contributed by atoms with van der Waals surface area (Å²) in [5.41, 5.74) is 3.45. The Labute approximate surface area is 99.6 Å². The predicted molar refractivity (Wildman–Crippen MR) is 68.0 cm³/mol. The van der Waals surface area contributed by atoms with Crippen LogP contribution in [0.25, 0.3) is 0 Å². The lowest BCUT2D eigenvalue weighted by atomic mass is 10.2. The number of hydrogen-bond acceptors (Lipinski definition) is 4. The van der Waals surface area contributed by atoms with Gasteiger partial charge in [0, 0.05) is 42.1 Å². The van der Waals surface area contributed by atoms with E-state index in [1.165, 1.54) is 10.6 Å². The largest absolute Gasteiger partial charge is 0.384 e. The maximum atomic E-state index is 4.43. The Balaban J connectivity index is 1.87. The summed E-state index contributed by atoms with van der Waals surface area (Å²) in [5, 5.41) is 6.68. The average Bonchev–Trinajstić information content (AvgIpc) is 2.67. The molecule has 0 saturated carbocycles. The minimum atomic E-state index is 0.914. The van der Waals surface area contributed by atoms with E-state index in [4.69, 9.17) is 0 Å². The highest BCUT2D eigenvalue weighted by Gasteiger charge is 1.99. The summed E-state index contributed by atoms with van der Waals surface area (Å²) in [6.07, 6.45) is 4.65. The van der Waals surface area contributed by atoms with Gasteiger partial charge in [-0.1, -0.05) is 0 Å². The molecule has 0 aliphatic carbocycles. The zero-order valence-corrected chi connectivity index (χ0v) is 10.3. The minimum Gasteiger partial charge on any atom is -0.384 e. The molecule has 0 bridgehead atoms. The molecule has 4 heteroatoms. The fourth-order valence-electron chi connectivity index (χ4n) is 1.49. The Morgan fingerprint density at radius 2 is 2.25 bits per heavy atom. The van der Waals surface area contributed by atoms with E-state index < -0.39 is 0 Å². The van der Waals surface area contributed by atoms with Crippen molar-refractivity contribution in [2.75, 3.05) is 11.9 Å². The SMILES string of the molecule is Cc1csc(CCNc2ccncc2C)n1. The normalized spacial score (nSPS) is 10.4. The number of rotatable bonds is 4. The van der Waals surface area contributed by atoms with Crippen LogP contribution in [0.2, 0.25) is 0 Å². The first-order valence-corrected chi connectivity index (χ1v) is 6.19. The van der Waals surface area contributed by atoms with E-state index in [9.17, 15) is 0 Å². The van der Waals surface area contributed by atoms with Gasteiger partial charge in [0.15, 0.2) is 0 Å². The molecule has 0 spiro atoms. The molecule has 0 saturated heterocycles. The van der Waals surface area contributed by atoms with Crippen molar-refractivity contribution < 1.29 is 0 Å². The summed E-state index contributed by atoms with van der Waals surface area (Å²) in [6.45, 7) is 5.00. The summed E-state index contributed by atoms with van der Waals surface area (Å²) < 4.78 is 0. The third-order valence-electron chi connectivity index (χ3n) is 2.34. The number of anilines is 1. The number of nitrogens with zero attached hydrogens (tertiary/aromatic N) is 2. The summed E-state index contributed by atoms with van der Waals surface area (Å²) in [5.74, 6) is 0. The molecular weight excluding hydrogens is 218 g/mol. The molecule has 84 valence electrons. The second-order valence-electron chi connectivity index (χ2n) is 3.75. The molecule has 0 unspecified atom stereocenters. The van der Waals surface area contributed by atoms with E-state index in [0.717, 1.165) is 24.3 Å². The summed E-state index contributed by atoms with van der Waals surface area (Å²) in [6, 6.07) is 2.00. The molecule has 3 nitrogen and oxygen atoms in total. The molecule has 0 aliphatic heterocycles. The van der Waals surface area contributed by atoms with Gasteiger partial charge in [0.05, 0.1) is 5.01 Å². The van der Waals surface area contributed by atoms with E-state index >= 15 is 0 Å². The Kier molecular flexibility index (Phi) is 3.51. The topological polar surface area (TPSA) is 37.8 Å². The number of aryl methyl sites for hydroxylation is 2. The van der Waals surface area contributed by atoms with Gasteiger partial charge in [-0.25, -0.2) is 4.98 Å². The van der Waals surface area contributed by atoms with E-state index in [-0.39, 0.29) is 0 Å². The molecule has 0 aliphatic rings. The fourth-order valence-corrected chi connectivity index (χ4v) is 2.27. The maximum absolute atomic E-state index is 4.43. The number of nitrogens with one attached hydrogen (secondary N) is 1. The summed E-state index contributed by atoms with van der Waals surface area (Å²) in [7, 11) is 0. The lowest BCUT2D eigenvalue weighted by Crippen LogP contribution is -2.05. The van der Waals surface area contributed by atoms with Crippen molar-refractivity contribution in [3.63, 3.8) is 0 Å². The van der Waals surface area contributed by atoms with Crippen LogP contribution in [-0.4, -0.2) is 16.5 Å². The van der Waals surface area contributed by atoms with Crippen molar-refractivity contribution in [2.24, 2.45) is 0 Å². The van der Waals surface area contributed by atoms with Gasteiger partial charge < -0.3 is 5.32 Å². The molecule has 0 atom stereocenters. The van der Waals surface area contributed by atoms with Gasteiger partial charge >= 0.3 is 0 Å². The summed E-state index contributed by atoms with van der Waals surface area (Å²) in [4.78, 5) is 8.49. The highest BCUT2D eigenvalue weighted by molar-refractivity contribution is 7.09. The number of pyridine rings is 1. The van der Waals surface area contributed by atoms with Gasteiger partial charge in [-0.05, 0) is 25.5 Å². The Morgan fingerprint density at radius 3 is 2.94 bits per heavy atom. The highest BCUT2D eigenvalue weighted by atomic mass is 32.1. The molecule has 2 heterocycles. The third kappa shape index (κ3) is 2.79. The Hall–Kier alpha value is -1.42. The van der Waals surface area contributed by atoms with Crippen LogP contribution < -0.4 is 5.32 Å². The Morgan fingerprint density at radius 1 is 1.38 bits per heavy atom. The third-order valence-corrected chi connectivity index (χ3v) is 3.37. The van der Waals surface area contributed by atoms with Crippen LogP contribution in [0.15, 0.2) is 23.8 Å². The van der Waals surface area contributed by atoms with Crippen LogP contribution >= 0.6 is 11.3 Å². The molecule has 2 aromatic heterocycles. The average molecular weight is 233 g/mol. The maximum Gasteiger partial charge on any atom is 0.0945 e. The van der Waals surface area contributed by atoms with Gasteiger partial charge in [-0.3, -0.25) is 4.98 Å². The van der Waals surface area contributed by atoms with Crippen molar-refractivity contribution in [1.82, 2.24) is 9.97 Å². The van der Waals surface area contributed by atoms with Crippen molar-refractivity contribution in [3.8, 4) is 0 Å². The van der Waals surface area contributed by atoms with Crippen molar-refractivity contribution >= 4 is 17.0 Å². The number of thiazole rings is 1. The van der Waals surface area contributed by atoms with E-state index in [1.54, 1.807) is 11.3 Å². The van der Waals surface area contributed by atoms with Crippen molar-refractivity contribution in [1.29, 1.82) is 0 Å². The van der Waals surface area contributed by atoms with Crippen molar-refractivity contribution in [2.45, 2.75) is 20.3 Å². The molecular formula is C12H15N3S. The first-order valence-electron chi connectivity index (χ1n) is 5.31. The minimum absolute atomic E-state index is 0.914. The van der Waals surface area contributed by atoms with Crippen LogP contribution in [0.4, 0.5) is 5.69 Å². The molecule has 0 radical (unpaired) electrons. The lowest BCUT2D eigenvalue weighted by molar-refractivity contribution is 0.983. The van der Waals surface area contributed by atoms with Crippen LogP contribution in [0, 0.1) is 13.8 Å². The van der Waals surface area contributed by atoms with Crippen LogP contribution in [0.1, 0.15) is 16.3 Å². The van der Waals surface area contributed by atoms with Gasteiger partial charge in [0.25, 0.3) is 0 Å². The van der Waals surface area contributed by atoms with Gasteiger partial charge in [-0.15, -0.1) is 11.3 Å². The van der Waals surface area contributed by atoms with Crippen LogP contribution in [0.3, 0.4) is 0 Å². The van der Waals surface area contributed by atoms with Crippen LogP contribution in [-0.2, 0) is 6.42 Å².